The van der Waals surface area contributed by atoms with Crippen molar-refractivity contribution in [2.45, 2.75) is 17.4 Å². The summed E-state index contributed by atoms with van der Waals surface area (Å²) >= 11 is 1.48. The maximum Gasteiger partial charge on any atom is 0.307 e. The zero-order valence-electron chi connectivity index (χ0n) is 9.44. The van der Waals surface area contributed by atoms with Gasteiger partial charge < -0.3 is 10.4 Å². The third kappa shape index (κ3) is 2.45. The molecule has 1 fully saturated rings. The van der Waals surface area contributed by atoms with E-state index < -0.39 is 11.9 Å². The van der Waals surface area contributed by atoms with Gasteiger partial charge >= 0.3 is 5.97 Å². The molecular formula is C12H14FNO2S. The fourth-order valence-corrected chi connectivity index (χ4v) is 2.85. The van der Waals surface area contributed by atoms with Crippen LogP contribution in [0, 0.1) is 11.7 Å². The highest BCUT2D eigenvalue weighted by atomic mass is 32.2. The van der Waals surface area contributed by atoms with E-state index in [1.165, 1.54) is 17.8 Å². The van der Waals surface area contributed by atoms with Crippen molar-refractivity contribution < 1.29 is 14.3 Å². The molecule has 1 aromatic rings. The molecule has 5 heteroatoms. The minimum Gasteiger partial charge on any atom is -0.481 e. The first-order valence-corrected chi connectivity index (χ1v) is 6.64. The number of hydrogen-bond acceptors (Lipinski definition) is 3. The van der Waals surface area contributed by atoms with Crippen LogP contribution in [0.1, 0.15) is 18.0 Å². The molecule has 2 atom stereocenters. The maximum atomic E-state index is 13.8. The van der Waals surface area contributed by atoms with E-state index in [-0.39, 0.29) is 11.9 Å². The van der Waals surface area contributed by atoms with Gasteiger partial charge in [0.05, 0.1) is 5.92 Å². The minimum atomic E-state index is -0.818. The Kier molecular flexibility index (Phi) is 3.69. The number of nitrogens with one attached hydrogen (secondary N) is 1. The molecule has 1 saturated heterocycles. The molecule has 1 aliphatic rings. The summed E-state index contributed by atoms with van der Waals surface area (Å²) in [7, 11) is 0. The molecule has 92 valence electrons. The molecule has 0 amide bonds. The number of aliphatic carboxylic acids is 1. The van der Waals surface area contributed by atoms with Gasteiger partial charge in [-0.15, -0.1) is 11.8 Å². The quantitative estimate of drug-likeness (QED) is 0.814. The van der Waals surface area contributed by atoms with Crippen molar-refractivity contribution in [1.82, 2.24) is 5.32 Å². The van der Waals surface area contributed by atoms with E-state index in [0.717, 1.165) is 4.90 Å². The van der Waals surface area contributed by atoms with Crippen LogP contribution in [0.2, 0.25) is 0 Å². The van der Waals surface area contributed by atoms with Gasteiger partial charge in [-0.2, -0.15) is 0 Å². The molecule has 2 rings (SSSR count). The zero-order valence-corrected chi connectivity index (χ0v) is 10.3. The summed E-state index contributed by atoms with van der Waals surface area (Å²) in [5, 5.41) is 12.0. The van der Waals surface area contributed by atoms with Crippen molar-refractivity contribution in [3.8, 4) is 0 Å². The van der Waals surface area contributed by atoms with Crippen molar-refractivity contribution in [3.63, 3.8) is 0 Å². The second-order valence-electron chi connectivity index (χ2n) is 4.09. The molecule has 2 N–H and O–H groups in total. The van der Waals surface area contributed by atoms with E-state index in [2.05, 4.69) is 5.32 Å². The van der Waals surface area contributed by atoms with Gasteiger partial charge in [-0.25, -0.2) is 4.39 Å². The molecule has 0 aromatic heterocycles. The average molecular weight is 255 g/mol. The van der Waals surface area contributed by atoms with Gasteiger partial charge in [0.1, 0.15) is 5.82 Å². The lowest BCUT2D eigenvalue weighted by molar-refractivity contribution is -0.141. The van der Waals surface area contributed by atoms with Crippen LogP contribution in [0.25, 0.3) is 0 Å². The van der Waals surface area contributed by atoms with Gasteiger partial charge in [0.15, 0.2) is 0 Å². The lowest BCUT2D eigenvalue weighted by Gasteiger charge is -2.15. The average Bonchev–Trinajstić information content (AvgIpc) is 2.77. The molecule has 1 aliphatic heterocycles. The van der Waals surface area contributed by atoms with Gasteiger partial charge in [0.25, 0.3) is 0 Å². The number of benzene rings is 1. The summed E-state index contributed by atoms with van der Waals surface area (Å²) in [6, 6.07) is 4.76. The van der Waals surface area contributed by atoms with Crippen LogP contribution < -0.4 is 5.32 Å². The molecule has 0 saturated carbocycles. The van der Waals surface area contributed by atoms with E-state index in [1.54, 1.807) is 6.07 Å². The number of hydrogen-bond donors (Lipinski definition) is 2. The topological polar surface area (TPSA) is 49.3 Å². The number of carboxylic acids is 1. The monoisotopic (exact) mass is 255 g/mol. The Morgan fingerprint density at radius 1 is 1.59 bits per heavy atom. The third-order valence-corrected chi connectivity index (χ3v) is 3.86. The van der Waals surface area contributed by atoms with Gasteiger partial charge in [-0.1, -0.05) is 6.07 Å². The summed E-state index contributed by atoms with van der Waals surface area (Å²) in [5.74, 6) is -1.50. The summed E-state index contributed by atoms with van der Waals surface area (Å²) in [6.45, 7) is 0.405. The first kappa shape index (κ1) is 12.4. The Morgan fingerprint density at radius 2 is 2.35 bits per heavy atom. The second kappa shape index (κ2) is 5.06. The molecule has 1 heterocycles. The van der Waals surface area contributed by atoms with Crippen LogP contribution in [0.3, 0.4) is 0 Å². The van der Waals surface area contributed by atoms with Crippen LogP contribution in [0.15, 0.2) is 23.1 Å². The molecule has 17 heavy (non-hydrogen) atoms. The molecule has 3 nitrogen and oxygen atoms in total. The van der Waals surface area contributed by atoms with Gasteiger partial charge in [0.2, 0.25) is 0 Å². The molecule has 0 radical (unpaired) electrons. The van der Waals surface area contributed by atoms with Crippen molar-refractivity contribution in [2.24, 2.45) is 5.92 Å². The fourth-order valence-electron chi connectivity index (χ4n) is 2.18. The third-order valence-electron chi connectivity index (χ3n) is 3.06. The van der Waals surface area contributed by atoms with Gasteiger partial charge in [-0.3, -0.25) is 4.79 Å². The van der Waals surface area contributed by atoms with Crippen molar-refractivity contribution >= 4 is 17.7 Å². The highest BCUT2D eigenvalue weighted by molar-refractivity contribution is 7.98. The Labute approximate surface area is 103 Å². The number of carboxylic acid groups (broad SMARTS) is 1. The summed E-state index contributed by atoms with van der Waals surface area (Å²) in [4.78, 5) is 11.7. The summed E-state index contributed by atoms with van der Waals surface area (Å²) in [6.07, 6.45) is 2.34. The number of carbonyl (C=O) groups is 1. The Balaban J connectivity index is 2.26. The highest BCUT2D eigenvalue weighted by Crippen LogP contribution is 2.34. The fraction of sp³-hybridized carbons (Fsp3) is 0.417. The summed E-state index contributed by atoms with van der Waals surface area (Å²) < 4.78 is 13.8. The number of halogens is 1. The highest BCUT2D eigenvalue weighted by Gasteiger charge is 2.32. The Bertz CT molecular complexity index is 439. The first-order chi connectivity index (χ1) is 8.13. The lowest BCUT2D eigenvalue weighted by atomic mass is 10.00. The molecule has 1 aromatic carbocycles. The first-order valence-electron chi connectivity index (χ1n) is 5.42. The Hall–Kier alpha value is -1.07. The van der Waals surface area contributed by atoms with E-state index in [0.29, 0.717) is 18.5 Å². The largest absolute Gasteiger partial charge is 0.481 e. The molecule has 0 aliphatic carbocycles. The van der Waals surface area contributed by atoms with Gasteiger partial charge in [-0.05, 0) is 24.8 Å². The zero-order chi connectivity index (χ0) is 12.4. The number of thioether (sulfide) groups is 1. The molecule has 0 bridgehead atoms. The van der Waals surface area contributed by atoms with Crippen LogP contribution >= 0.6 is 11.8 Å². The molecular weight excluding hydrogens is 241 g/mol. The smallest absolute Gasteiger partial charge is 0.307 e. The maximum absolute atomic E-state index is 13.8. The standard InChI is InChI=1S/C12H14FNO2S/c1-17-10-4-2-3-8(13)11(10)9-5-7(6-14-9)12(15)16/h2-4,7,9,14H,5-6H2,1H3,(H,15,16). The normalized spacial score (nSPS) is 23.9. The predicted octanol–water partition coefficient (Wildman–Crippen LogP) is 2.28. The van der Waals surface area contributed by atoms with E-state index in [9.17, 15) is 9.18 Å². The van der Waals surface area contributed by atoms with Crippen molar-refractivity contribution in [2.75, 3.05) is 12.8 Å². The van der Waals surface area contributed by atoms with Crippen LogP contribution in [0.5, 0.6) is 0 Å². The van der Waals surface area contributed by atoms with E-state index in [4.69, 9.17) is 5.11 Å². The summed E-state index contributed by atoms with van der Waals surface area (Å²) in [5.41, 5.74) is 0.601. The number of rotatable bonds is 3. The van der Waals surface area contributed by atoms with Crippen LogP contribution in [-0.2, 0) is 4.79 Å². The predicted molar refractivity (Wildman–Crippen MR) is 64.7 cm³/mol. The minimum absolute atomic E-state index is 0.195. The SMILES string of the molecule is CSc1cccc(F)c1C1CC(C(=O)O)CN1. The Morgan fingerprint density at radius 3 is 2.94 bits per heavy atom. The van der Waals surface area contributed by atoms with Crippen LogP contribution in [0.4, 0.5) is 4.39 Å². The van der Waals surface area contributed by atoms with Gasteiger partial charge in [0, 0.05) is 23.0 Å². The van der Waals surface area contributed by atoms with E-state index >= 15 is 0 Å². The lowest BCUT2D eigenvalue weighted by Crippen LogP contribution is -2.18. The second-order valence-corrected chi connectivity index (χ2v) is 4.94. The van der Waals surface area contributed by atoms with Crippen LogP contribution in [-0.4, -0.2) is 23.9 Å². The molecule has 2 unspecified atom stereocenters. The van der Waals surface area contributed by atoms with Crippen molar-refractivity contribution in [1.29, 1.82) is 0 Å². The molecule has 0 spiro atoms. The van der Waals surface area contributed by atoms with E-state index in [1.807, 2.05) is 12.3 Å². The van der Waals surface area contributed by atoms with Crippen molar-refractivity contribution in [3.05, 3.63) is 29.6 Å².